The molecular formula is C10H9Cl5O. The van der Waals surface area contributed by atoms with Crippen LogP contribution in [0.1, 0.15) is 19.3 Å². The van der Waals surface area contributed by atoms with Crippen LogP contribution in [0, 0.1) is 5.92 Å². The minimum absolute atomic E-state index is 0.273. The Morgan fingerprint density at radius 1 is 1.25 bits per heavy atom. The Bertz CT molecular complexity index is 360. The molecule has 1 saturated carbocycles. The van der Waals surface area contributed by atoms with Crippen molar-refractivity contribution in [2.75, 3.05) is 0 Å². The molecule has 2 aliphatic rings. The summed E-state index contributed by atoms with van der Waals surface area (Å²) in [6, 6.07) is 0. The van der Waals surface area contributed by atoms with Crippen LogP contribution in [0.25, 0.3) is 0 Å². The summed E-state index contributed by atoms with van der Waals surface area (Å²) in [6.07, 6.45) is 4.30. The summed E-state index contributed by atoms with van der Waals surface area (Å²) in [4.78, 5) is 12.0. The molecule has 0 aromatic carbocycles. The van der Waals surface area contributed by atoms with Crippen LogP contribution in [0.15, 0.2) is 11.6 Å². The lowest BCUT2D eigenvalue weighted by Crippen LogP contribution is -2.57. The van der Waals surface area contributed by atoms with E-state index in [0.717, 1.165) is 19.3 Å². The largest absolute Gasteiger partial charge is 0.291 e. The molecular weight excluding hydrogens is 313 g/mol. The van der Waals surface area contributed by atoms with Crippen LogP contribution >= 0.6 is 58.0 Å². The zero-order valence-electron chi connectivity index (χ0n) is 8.15. The highest BCUT2D eigenvalue weighted by molar-refractivity contribution is 6.67. The van der Waals surface area contributed by atoms with Gasteiger partial charge >= 0.3 is 0 Å². The van der Waals surface area contributed by atoms with E-state index in [1.807, 2.05) is 6.08 Å². The average molecular weight is 322 g/mol. The van der Waals surface area contributed by atoms with Gasteiger partial charge < -0.3 is 0 Å². The quantitative estimate of drug-likeness (QED) is 0.609. The highest BCUT2D eigenvalue weighted by Gasteiger charge is 2.62. The van der Waals surface area contributed by atoms with Gasteiger partial charge in [0, 0.05) is 11.5 Å². The maximum absolute atomic E-state index is 12.0. The van der Waals surface area contributed by atoms with Crippen LogP contribution in [-0.4, -0.2) is 19.8 Å². The first kappa shape index (κ1) is 13.3. The molecule has 2 aliphatic carbocycles. The van der Waals surface area contributed by atoms with E-state index in [4.69, 9.17) is 58.0 Å². The van der Waals surface area contributed by atoms with Crippen molar-refractivity contribution < 1.29 is 4.79 Å². The van der Waals surface area contributed by atoms with E-state index >= 15 is 0 Å². The third-order valence-electron chi connectivity index (χ3n) is 3.12. The number of fused-ring (bicyclic) bond motifs is 1. The number of alkyl halides is 5. The van der Waals surface area contributed by atoms with Crippen molar-refractivity contribution in [1.82, 2.24) is 0 Å². The minimum Gasteiger partial charge on any atom is -0.291 e. The van der Waals surface area contributed by atoms with Crippen LogP contribution in [0.2, 0.25) is 0 Å². The molecule has 0 N–H and O–H groups in total. The lowest BCUT2D eigenvalue weighted by Gasteiger charge is -2.45. The molecule has 16 heavy (non-hydrogen) atoms. The van der Waals surface area contributed by atoms with E-state index in [0.29, 0.717) is 5.57 Å². The number of halogens is 5. The number of hydrogen-bond acceptors (Lipinski definition) is 1. The number of carbonyl (C=O) groups is 1. The van der Waals surface area contributed by atoms with Crippen molar-refractivity contribution in [1.29, 1.82) is 0 Å². The van der Waals surface area contributed by atoms with Gasteiger partial charge in [-0.3, -0.25) is 4.79 Å². The van der Waals surface area contributed by atoms with Gasteiger partial charge in [-0.05, 0) is 19.3 Å². The fourth-order valence-electron chi connectivity index (χ4n) is 2.25. The SMILES string of the molecule is O=C1C2=CCCCC2C(Cl)(Cl)C(Cl)C1(Cl)Cl. The molecule has 1 fully saturated rings. The van der Waals surface area contributed by atoms with E-state index in [1.165, 1.54) is 0 Å². The van der Waals surface area contributed by atoms with Crippen molar-refractivity contribution in [3.8, 4) is 0 Å². The van der Waals surface area contributed by atoms with Crippen molar-refractivity contribution in [3.63, 3.8) is 0 Å². The smallest absolute Gasteiger partial charge is 0.199 e. The Morgan fingerprint density at radius 2 is 1.88 bits per heavy atom. The van der Waals surface area contributed by atoms with Gasteiger partial charge in [-0.1, -0.05) is 52.5 Å². The summed E-state index contributed by atoms with van der Waals surface area (Å²) in [5.41, 5.74) is 0.526. The molecule has 0 amide bonds. The molecule has 0 heterocycles. The molecule has 0 aromatic heterocycles. The molecule has 0 aliphatic heterocycles. The van der Waals surface area contributed by atoms with Gasteiger partial charge in [0.15, 0.2) is 10.1 Å². The van der Waals surface area contributed by atoms with Gasteiger partial charge in [-0.2, -0.15) is 0 Å². The van der Waals surface area contributed by atoms with Crippen LogP contribution in [-0.2, 0) is 4.79 Å². The third-order valence-corrected chi connectivity index (χ3v) is 5.98. The summed E-state index contributed by atoms with van der Waals surface area (Å²) in [5, 5.41) is -1.01. The second kappa shape index (κ2) is 4.20. The lowest BCUT2D eigenvalue weighted by atomic mass is 9.75. The fraction of sp³-hybridized carbons (Fsp3) is 0.700. The summed E-state index contributed by atoms with van der Waals surface area (Å²) in [5.74, 6) is -0.636. The van der Waals surface area contributed by atoms with Crippen LogP contribution in [0.4, 0.5) is 0 Å². The van der Waals surface area contributed by atoms with Crippen molar-refractivity contribution in [2.45, 2.75) is 33.3 Å². The number of carbonyl (C=O) groups excluding carboxylic acids is 1. The average Bonchev–Trinajstić information content (AvgIpc) is 2.25. The number of ketones is 1. The van der Waals surface area contributed by atoms with E-state index < -0.39 is 14.0 Å². The normalized spacial score (nSPS) is 36.6. The molecule has 0 radical (unpaired) electrons. The second-order valence-corrected chi connectivity index (χ2v) is 7.40. The van der Waals surface area contributed by atoms with Crippen LogP contribution < -0.4 is 0 Å². The topological polar surface area (TPSA) is 17.1 Å². The Balaban J connectivity index is 2.51. The molecule has 0 spiro atoms. The van der Waals surface area contributed by atoms with Gasteiger partial charge in [0.25, 0.3) is 0 Å². The molecule has 2 atom stereocenters. The van der Waals surface area contributed by atoms with Gasteiger partial charge in [-0.15, -0.1) is 11.6 Å². The zero-order valence-corrected chi connectivity index (χ0v) is 11.9. The molecule has 2 unspecified atom stereocenters. The highest BCUT2D eigenvalue weighted by atomic mass is 35.5. The molecule has 6 heteroatoms. The molecule has 0 bridgehead atoms. The maximum atomic E-state index is 12.0. The monoisotopic (exact) mass is 320 g/mol. The standard InChI is InChI=1S/C10H9Cl5O/c11-8-9(12,13)6-4-2-1-3-5(6)7(16)10(8,14)15/h3,6,8H,1-2,4H2. The third kappa shape index (κ3) is 1.80. The van der Waals surface area contributed by atoms with Crippen molar-refractivity contribution in [3.05, 3.63) is 11.6 Å². The van der Waals surface area contributed by atoms with Crippen molar-refractivity contribution in [2.24, 2.45) is 5.92 Å². The number of allylic oxidation sites excluding steroid dienone is 2. The van der Waals surface area contributed by atoms with Crippen LogP contribution in [0.5, 0.6) is 0 Å². The Morgan fingerprint density at radius 3 is 2.50 bits per heavy atom. The lowest BCUT2D eigenvalue weighted by molar-refractivity contribution is -0.118. The van der Waals surface area contributed by atoms with Gasteiger partial charge in [0.05, 0.1) is 0 Å². The van der Waals surface area contributed by atoms with Gasteiger partial charge in [-0.25, -0.2) is 0 Å². The Kier molecular flexibility index (Phi) is 3.49. The van der Waals surface area contributed by atoms with Crippen LogP contribution in [0.3, 0.4) is 0 Å². The summed E-state index contributed by atoms with van der Waals surface area (Å²) in [6.45, 7) is 0. The number of rotatable bonds is 0. The number of hydrogen-bond donors (Lipinski definition) is 0. The van der Waals surface area contributed by atoms with E-state index in [-0.39, 0.29) is 11.7 Å². The molecule has 1 nitrogen and oxygen atoms in total. The highest BCUT2D eigenvalue weighted by Crippen LogP contribution is 2.56. The molecule has 90 valence electrons. The first-order valence-corrected chi connectivity index (χ1v) is 6.89. The zero-order chi connectivity index (χ0) is 12.1. The predicted octanol–water partition coefficient (Wildman–Crippen LogP) is 4.25. The fourth-order valence-corrected chi connectivity index (χ4v) is 4.07. The molecule has 2 rings (SSSR count). The van der Waals surface area contributed by atoms with E-state index in [9.17, 15) is 4.79 Å². The summed E-state index contributed by atoms with van der Waals surface area (Å²) in [7, 11) is 0. The van der Waals surface area contributed by atoms with Gasteiger partial charge in [0.2, 0.25) is 0 Å². The van der Waals surface area contributed by atoms with Crippen molar-refractivity contribution >= 4 is 63.8 Å². The second-order valence-electron chi connectivity index (χ2n) is 4.13. The molecule has 0 aromatic rings. The van der Waals surface area contributed by atoms with E-state index in [2.05, 4.69) is 0 Å². The Hall–Kier alpha value is 0.860. The minimum atomic E-state index is -1.75. The Labute approximate surface area is 119 Å². The summed E-state index contributed by atoms with van der Waals surface area (Å²) >= 11 is 30.4. The first-order valence-electron chi connectivity index (χ1n) is 4.94. The van der Waals surface area contributed by atoms with Gasteiger partial charge in [0.1, 0.15) is 9.71 Å². The molecule has 0 saturated heterocycles. The predicted molar refractivity (Wildman–Crippen MR) is 68.9 cm³/mol. The number of Topliss-reactive ketones (excluding diaryl/α,β-unsaturated/α-hetero) is 1. The van der Waals surface area contributed by atoms with E-state index in [1.54, 1.807) is 0 Å². The summed E-state index contributed by atoms with van der Waals surface area (Å²) < 4.78 is -3.05. The maximum Gasteiger partial charge on any atom is 0.199 e. The first-order chi connectivity index (χ1) is 7.29.